The van der Waals surface area contributed by atoms with E-state index in [2.05, 4.69) is 32.9 Å². The van der Waals surface area contributed by atoms with Gasteiger partial charge in [-0.2, -0.15) is 0 Å². The Morgan fingerprint density at radius 2 is 1.85 bits per heavy atom. The molecule has 0 spiro atoms. The lowest BCUT2D eigenvalue weighted by molar-refractivity contribution is 0.288. The molecule has 1 nitrogen and oxygen atoms in total. The van der Waals surface area contributed by atoms with Crippen LogP contribution in [0.25, 0.3) is 0 Å². The highest BCUT2D eigenvalue weighted by Crippen LogP contribution is 2.09. The summed E-state index contributed by atoms with van der Waals surface area (Å²) in [6, 6.07) is 0. The Hall–Kier alpha value is -0.560. The minimum Gasteiger partial charge on any atom is -0.396 e. The summed E-state index contributed by atoms with van der Waals surface area (Å²) in [7, 11) is 0. The maximum Gasteiger partial charge on any atom is 0.0434 e. The van der Waals surface area contributed by atoms with Crippen LogP contribution in [0.5, 0.6) is 0 Å². The summed E-state index contributed by atoms with van der Waals surface area (Å²) in [5.74, 6) is 0. The third kappa shape index (κ3) is 7.79. The van der Waals surface area contributed by atoms with Crippen molar-refractivity contribution in [3.63, 3.8) is 0 Å². The number of hydrogen-bond acceptors (Lipinski definition) is 1. The first kappa shape index (κ1) is 12.4. The number of rotatable bonds is 6. The molecule has 1 heteroatoms. The van der Waals surface area contributed by atoms with Crippen LogP contribution in [0.4, 0.5) is 0 Å². The van der Waals surface area contributed by atoms with E-state index in [0.717, 1.165) is 25.7 Å². The van der Waals surface area contributed by atoms with Gasteiger partial charge < -0.3 is 5.11 Å². The molecule has 0 aliphatic rings. The lowest BCUT2D eigenvalue weighted by atomic mass is 10.1. The molecule has 0 fully saturated rings. The van der Waals surface area contributed by atoms with E-state index in [1.807, 2.05) is 0 Å². The van der Waals surface area contributed by atoms with Crippen LogP contribution in [-0.2, 0) is 0 Å². The molecule has 0 aromatic rings. The molecule has 0 aliphatic carbocycles. The van der Waals surface area contributed by atoms with Crippen molar-refractivity contribution in [2.24, 2.45) is 0 Å². The molecule has 0 atom stereocenters. The highest BCUT2D eigenvalue weighted by atomic mass is 16.2. The van der Waals surface area contributed by atoms with Crippen molar-refractivity contribution >= 4 is 0 Å². The van der Waals surface area contributed by atoms with E-state index in [0.29, 0.717) is 6.61 Å². The molecule has 13 heavy (non-hydrogen) atoms. The topological polar surface area (TPSA) is 20.2 Å². The first-order valence-corrected chi connectivity index (χ1v) is 5.09. The van der Waals surface area contributed by atoms with Crippen molar-refractivity contribution in [3.8, 4) is 0 Å². The minimum absolute atomic E-state index is 0.305. The third-order valence-corrected chi connectivity index (χ3v) is 2.25. The van der Waals surface area contributed by atoms with E-state index < -0.39 is 0 Å². The van der Waals surface area contributed by atoms with Gasteiger partial charge >= 0.3 is 0 Å². The Balaban J connectivity index is 3.58. The van der Waals surface area contributed by atoms with E-state index in [1.165, 1.54) is 11.1 Å². The van der Waals surface area contributed by atoms with Gasteiger partial charge in [0.1, 0.15) is 0 Å². The van der Waals surface area contributed by atoms with E-state index >= 15 is 0 Å². The molecule has 0 saturated heterocycles. The number of allylic oxidation sites excluding steroid dienone is 4. The molecule has 0 bridgehead atoms. The fourth-order valence-electron chi connectivity index (χ4n) is 1.15. The summed E-state index contributed by atoms with van der Waals surface area (Å²) in [6.07, 6.45) is 8.66. The van der Waals surface area contributed by atoms with Crippen molar-refractivity contribution in [1.29, 1.82) is 0 Å². The van der Waals surface area contributed by atoms with E-state index in [4.69, 9.17) is 5.11 Å². The highest BCUT2D eigenvalue weighted by molar-refractivity contribution is 5.02. The summed E-state index contributed by atoms with van der Waals surface area (Å²) in [6.45, 7) is 6.69. The minimum atomic E-state index is 0.305. The van der Waals surface area contributed by atoms with E-state index in [-0.39, 0.29) is 0 Å². The molecule has 0 amide bonds. The molecular weight excluding hydrogens is 160 g/mol. The average molecular weight is 182 g/mol. The Labute approximate surface area is 82.2 Å². The summed E-state index contributed by atoms with van der Waals surface area (Å²) < 4.78 is 0. The van der Waals surface area contributed by atoms with Crippen molar-refractivity contribution < 1.29 is 5.11 Å². The Bertz CT molecular complexity index is 178. The van der Waals surface area contributed by atoms with Crippen LogP contribution >= 0.6 is 0 Å². The lowest BCUT2D eigenvalue weighted by Gasteiger charge is -2.00. The second-order valence-electron chi connectivity index (χ2n) is 3.55. The predicted molar refractivity (Wildman–Crippen MR) is 58.7 cm³/mol. The molecular formula is C12H22O. The second-order valence-corrected chi connectivity index (χ2v) is 3.55. The average Bonchev–Trinajstić information content (AvgIpc) is 2.14. The van der Waals surface area contributed by atoms with Crippen LogP contribution in [0, 0.1) is 0 Å². The molecule has 0 unspecified atom stereocenters. The fraction of sp³-hybridized carbons (Fsp3) is 0.667. The maximum atomic E-state index is 8.63. The zero-order chi connectivity index (χ0) is 10.1. The quantitative estimate of drug-likeness (QED) is 0.624. The molecule has 0 saturated carbocycles. The first-order valence-electron chi connectivity index (χ1n) is 5.09. The summed E-state index contributed by atoms with van der Waals surface area (Å²) >= 11 is 0. The summed E-state index contributed by atoms with van der Waals surface area (Å²) in [5.41, 5.74) is 2.85. The van der Waals surface area contributed by atoms with Crippen LogP contribution in [0.1, 0.15) is 46.5 Å². The van der Waals surface area contributed by atoms with Gasteiger partial charge in [-0.25, -0.2) is 0 Å². The van der Waals surface area contributed by atoms with Gasteiger partial charge in [-0.3, -0.25) is 0 Å². The smallest absolute Gasteiger partial charge is 0.0434 e. The Morgan fingerprint density at radius 3 is 2.38 bits per heavy atom. The molecule has 1 N–H and O–H groups in total. The van der Waals surface area contributed by atoms with Crippen molar-refractivity contribution in [2.75, 3.05) is 6.61 Å². The monoisotopic (exact) mass is 182 g/mol. The van der Waals surface area contributed by atoms with Gasteiger partial charge in [0, 0.05) is 6.61 Å². The SMILES string of the molecule is C/C=C(\C)CC/C=C(\C)CCCO. The normalized spacial score (nSPS) is 13.5. The van der Waals surface area contributed by atoms with Gasteiger partial charge in [0.25, 0.3) is 0 Å². The van der Waals surface area contributed by atoms with E-state index in [1.54, 1.807) is 0 Å². The fourth-order valence-corrected chi connectivity index (χ4v) is 1.15. The molecule has 0 radical (unpaired) electrons. The second kappa shape index (κ2) is 8.06. The maximum absolute atomic E-state index is 8.63. The van der Waals surface area contributed by atoms with Gasteiger partial charge in [0.15, 0.2) is 0 Å². The van der Waals surface area contributed by atoms with Crippen molar-refractivity contribution in [3.05, 3.63) is 23.3 Å². The van der Waals surface area contributed by atoms with Crippen molar-refractivity contribution in [2.45, 2.75) is 46.5 Å². The Morgan fingerprint density at radius 1 is 1.15 bits per heavy atom. The first-order chi connectivity index (χ1) is 6.20. The van der Waals surface area contributed by atoms with Crippen LogP contribution in [0.3, 0.4) is 0 Å². The third-order valence-electron chi connectivity index (χ3n) is 2.25. The van der Waals surface area contributed by atoms with Gasteiger partial charge in [-0.05, 0) is 46.5 Å². The van der Waals surface area contributed by atoms with Crippen LogP contribution in [0.2, 0.25) is 0 Å². The largest absolute Gasteiger partial charge is 0.396 e. The van der Waals surface area contributed by atoms with Gasteiger partial charge in [-0.1, -0.05) is 23.3 Å². The highest BCUT2D eigenvalue weighted by Gasteiger charge is 1.90. The molecule has 76 valence electrons. The number of aliphatic hydroxyl groups excluding tert-OH is 1. The van der Waals surface area contributed by atoms with E-state index in [9.17, 15) is 0 Å². The number of hydrogen-bond donors (Lipinski definition) is 1. The molecule has 0 aliphatic heterocycles. The molecule has 0 rings (SSSR count). The lowest BCUT2D eigenvalue weighted by Crippen LogP contribution is -1.84. The van der Waals surface area contributed by atoms with Crippen molar-refractivity contribution in [1.82, 2.24) is 0 Å². The number of aliphatic hydroxyl groups is 1. The van der Waals surface area contributed by atoms with Crippen LogP contribution < -0.4 is 0 Å². The van der Waals surface area contributed by atoms with Crippen LogP contribution in [-0.4, -0.2) is 11.7 Å². The Kier molecular flexibility index (Phi) is 7.71. The summed E-state index contributed by atoms with van der Waals surface area (Å²) in [4.78, 5) is 0. The zero-order valence-corrected chi connectivity index (χ0v) is 9.14. The predicted octanol–water partition coefficient (Wildman–Crippen LogP) is 3.45. The van der Waals surface area contributed by atoms with Crippen LogP contribution in [0.15, 0.2) is 23.3 Å². The van der Waals surface area contributed by atoms with Gasteiger partial charge in [0.05, 0.1) is 0 Å². The van der Waals surface area contributed by atoms with Gasteiger partial charge in [-0.15, -0.1) is 0 Å². The molecule has 0 aromatic carbocycles. The molecule has 0 heterocycles. The molecule has 0 aromatic heterocycles. The zero-order valence-electron chi connectivity index (χ0n) is 9.14. The van der Waals surface area contributed by atoms with Gasteiger partial charge in [0.2, 0.25) is 0 Å². The standard InChI is InChI=1S/C12H22O/c1-4-11(2)7-5-8-12(3)9-6-10-13/h4,8,13H,5-7,9-10H2,1-3H3/b11-4+,12-8+. The summed E-state index contributed by atoms with van der Waals surface area (Å²) in [5, 5.41) is 8.63.